The zero-order chi connectivity index (χ0) is 13.8. The van der Waals surface area contributed by atoms with Gasteiger partial charge in [0.05, 0.1) is 0 Å². The molecule has 0 radical (unpaired) electrons. The fourth-order valence-electron chi connectivity index (χ4n) is 4.06. The van der Waals surface area contributed by atoms with Gasteiger partial charge in [0.1, 0.15) is 0 Å². The Labute approximate surface area is 140 Å². The molecule has 102 valence electrons. The van der Waals surface area contributed by atoms with E-state index in [4.69, 9.17) is 0 Å². The van der Waals surface area contributed by atoms with Crippen LogP contribution in [0.1, 0.15) is 45.2 Å². The first-order valence-corrected chi connectivity index (χ1v) is 10.6. The molecule has 2 atom stereocenters. The second kappa shape index (κ2) is 4.65. The van der Waals surface area contributed by atoms with Crippen LogP contribution in [0.3, 0.4) is 0 Å². The van der Waals surface area contributed by atoms with Gasteiger partial charge >= 0.3 is 137 Å². The van der Waals surface area contributed by atoms with Crippen molar-refractivity contribution in [3.8, 4) is 0 Å². The number of fused-ring (bicyclic) bond motifs is 6. The molecule has 1 heteroatoms. The van der Waals surface area contributed by atoms with E-state index in [-0.39, 0.29) is 2.85 Å². The Bertz CT molecular complexity index is 739. The minimum atomic E-state index is -0.553. The molecule has 2 aliphatic carbocycles. The van der Waals surface area contributed by atoms with Crippen LogP contribution in [-0.4, -0.2) is 0 Å². The summed E-state index contributed by atoms with van der Waals surface area (Å²) < 4.78 is 1.62. The van der Waals surface area contributed by atoms with Crippen LogP contribution in [0, 0.1) is 0 Å². The molecule has 1 saturated heterocycles. The van der Waals surface area contributed by atoms with Crippen molar-refractivity contribution >= 4 is 12.2 Å². The molecule has 2 aromatic carbocycles. The molecule has 0 N–H and O–H groups in total. The van der Waals surface area contributed by atoms with Crippen molar-refractivity contribution < 1.29 is 26.1 Å². The molecule has 0 amide bonds. The van der Waals surface area contributed by atoms with E-state index in [0.29, 0.717) is 0 Å². The molecule has 0 nitrogen and oxygen atoms in total. The maximum atomic E-state index is 2.49. The number of hydrogen-bond donors (Lipinski definition) is 0. The topological polar surface area (TPSA) is 0 Å². The van der Waals surface area contributed by atoms with Gasteiger partial charge in [-0.25, -0.2) is 0 Å². The number of rotatable bonds is 0. The van der Waals surface area contributed by atoms with E-state index in [2.05, 4.69) is 60.7 Å². The quantitative estimate of drug-likeness (QED) is 0.600. The van der Waals surface area contributed by atoms with Gasteiger partial charge in [-0.05, 0) is 0 Å². The van der Waals surface area contributed by atoms with Crippen molar-refractivity contribution in [2.45, 2.75) is 20.1 Å². The number of benzene rings is 2. The van der Waals surface area contributed by atoms with Crippen LogP contribution in [0.25, 0.3) is 12.2 Å². The van der Waals surface area contributed by atoms with E-state index in [1.165, 1.54) is 24.0 Å². The van der Waals surface area contributed by atoms with Crippen LogP contribution in [0.5, 0.6) is 0 Å². The van der Waals surface area contributed by atoms with Crippen molar-refractivity contribution in [2.75, 3.05) is 0 Å². The first-order chi connectivity index (χ1) is 10.4. The second-order valence-corrected chi connectivity index (χ2v) is 9.89. The normalized spacial score (nSPS) is 24.4. The largest absolute Gasteiger partial charge is 1.00 e. The Kier molecular flexibility index (Phi) is 2.74. The fourth-order valence-corrected chi connectivity index (χ4v) is 9.22. The summed E-state index contributed by atoms with van der Waals surface area (Å²) in [6, 6.07) is 18.2. The molecule has 1 fully saturated rings. The SMILES string of the molecule is C1=C2CCC3=Cc4ccccc4[CH]3[Zr+2][CH]2c2ccccc21.[H-].[H-]. The minimum absolute atomic E-state index is 0. The van der Waals surface area contributed by atoms with Crippen molar-refractivity contribution in [2.24, 2.45) is 0 Å². The van der Waals surface area contributed by atoms with Gasteiger partial charge in [-0.15, -0.1) is 0 Å². The minimum Gasteiger partial charge on any atom is -1.00 e. The van der Waals surface area contributed by atoms with Crippen LogP contribution in [0.4, 0.5) is 0 Å². The Morgan fingerprint density at radius 1 is 0.714 bits per heavy atom. The van der Waals surface area contributed by atoms with Crippen LogP contribution >= 0.6 is 0 Å². The summed E-state index contributed by atoms with van der Waals surface area (Å²) in [5, 5.41) is 0. The van der Waals surface area contributed by atoms with Crippen LogP contribution in [0.15, 0.2) is 59.7 Å². The number of hydrogen-bond acceptors (Lipinski definition) is 0. The molecular formula is C20H18Zr. The Morgan fingerprint density at radius 3 is 1.71 bits per heavy atom. The van der Waals surface area contributed by atoms with E-state index in [1.54, 1.807) is 22.3 Å². The predicted octanol–water partition coefficient (Wildman–Crippen LogP) is 5.36. The maximum absolute atomic E-state index is 2.49. The Balaban J connectivity index is 0.000000781. The molecule has 0 aromatic heterocycles. The molecule has 0 bridgehead atoms. The van der Waals surface area contributed by atoms with Crippen LogP contribution < -0.4 is 0 Å². The van der Waals surface area contributed by atoms with E-state index in [0.717, 1.165) is 7.25 Å². The summed E-state index contributed by atoms with van der Waals surface area (Å²) >= 11 is -0.553. The molecule has 5 rings (SSSR count). The van der Waals surface area contributed by atoms with Crippen molar-refractivity contribution in [3.05, 3.63) is 81.9 Å². The molecule has 2 unspecified atom stereocenters. The number of allylic oxidation sites excluding steroid dienone is 2. The predicted molar refractivity (Wildman–Crippen MR) is 85.8 cm³/mol. The van der Waals surface area contributed by atoms with Crippen molar-refractivity contribution in [1.82, 2.24) is 0 Å². The molecule has 0 spiro atoms. The van der Waals surface area contributed by atoms with E-state index < -0.39 is 23.2 Å². The monoisotopic (exact) mass is 348 g/mol. The molecule has 0 saturated carbocycles. The third-order valence-electron chi connectivity index (χ3n) is 5.07. The van der Waals surface area contributed by atoms with Gasteiger partial charge in [0.15, 0.2) is 0 Å². The molecule has 1 aliphatic heterocycles. The average Bonchev–Trinajstić information content (AvgIpc) is 3.00. The third kappa shape index (κ3) is 1.83. The van der Waals surface area contributed by atoms with Gasteiger partial charge in [0.25, 0.3) is 0 Å². The first-order valence-electron chi connectivity index (χ1n) is 7.75. The first kappa shape index (κ1) is 12.4. The fraction of sp³-hybridized carbons (Fsp3) is 0.200. The average molecular weight is 350 g/mol. The second-order valence-electron chi connectivity index (χ2n) is 6.23. The maximum Gasteiger partial charge on any atom is -1.00 e. The van der Waals surface area contributed by atoms with E-state index >= 15 is 0 Å². The smallest absolute Gasteiger partial charge is 1.00 e. The van der Waals surface area contributed by atoms with Gasteiger partial charge in [0.2, 0.25) is 0 Å². The van der Waals surface area contributed by atoms with Gasteiger partial charge in [0, 0.05) is 0 Å². The summed E-state index contributed by atoms with van der Waals surface area (Å²) in [5.74, 6) is 0. The van der Waals surface area contributed by atoms with Gasteiger partial charge in [-0.2, -0.15) is 0 Å². The molecule has 3 aliphatic rings. The summed E-state index contributed by atoms with van der Waals surface area (Å²) in [5.41, 5.74) is 9.72. The van der Waals surface area contributed by atoms with Gasteiger partial charge in [-0.3, -0.25) is 0 Å². The standard InChI is InChI=1S/C20H16.Zr.2H/c1-2-6-18-12-15(11-17(18)5-1)9-10-16-13-19-7-3-4-8-20(19)14-16;;;/h1-8,11-14H,9-10H2;;;/q;+2;2*-1. The van der Waals surface area contributed by atoms with E-state index in [9.17, 15) is 0 Å². The van der Waals surface area contributed by atoms with Crippen LogP contribution in [-0.2, 0) is 23.2 Å². The van der Waals surface area contributed by atoms with Crippen molar-refractivity contribution in [1.29, 1.82) is 0 Å². The molecule has 21 heavy (non-hydrogen) atoms. The van der Waals surface area contributed by atoms with Crippen molar-refractivity contribution in [3.63, 3.8) is 0 Å². The van der Waals surface area contributed by atoms with E-state index in [1.807, 2.05) is 0 Å². The summed E-state index contributed by atoms with van der Waals surface area (Å²) in [6.45, 7) is 0. The summed E-state index contributed by atoms with van der Waals surface area (Å²) in [7, 11) is 0. The molecule has 1 heterocycles. The summed E-state index contributed by atoms with van der Waals surface area (Å²) in [4.78, 5) is 0. The Morgan fingerprint density at radius 2 is 1.19 bits per heavy atom. The summed E-state index contributed by atoms with van der Waals surface area (Å²) in [6.07, 6.45) is 7.54. The Hall–Kier alpha value is -1.20. The van der Waals surface area contributed by atoms with Crippen LogP contribution in [0.2, 0.25) is 0 Å². The third-order valence-corrected chi connectivity index (χ3v) is 10.1. The zero-order valence-corrected chi connectivity index (χ0v) is 14.3. The zero-order valence-electron chi connectivity index (χ0n) is 13.8. The van der Waals surface area contributed by atoms with Gasteiger partial charge < -0.3 is 2.85 Å². The molecular weight excluding hydrogens is 331 g/mol. The molecule has 2 aromatic rings. The van der Waals surface area contributed by atoms with Gasteiger partial charge in [-0.1, -0.05) is 0 Å².